The van der Waals surface area contributed by atoms with Crippen LogP contribution in [0.25, 0.3) is 0 Å². The number of hydrogen-bond acceptors (Lipinski definition) is 7. The lowest BCUT2D eigenvalue weighted by atomic mass is 10.1. The summed E-state index contributed by atoms with van der Waals surface area (Å²) in [6, 6.07) is 0. The van der Waals surface area contributed by atoms with Crippen LogP contribution in [0.1, 0.15) is 39.0 Å². The van der Waals surface area contributed by atoms with Gasteiger partial charge in [0.1, 0.15) is 19.5 Å². The van der Waals surface area contributed by atoms with Crippen molar-refractivity contribution in [1.29, 1.82) is 0 Å². The van der Waals surface area contributed by atoms with Crippen molar-refractivity contribution in [2.75, 3.05) is 65.9 Å². The third-order valence-electron chi connectivity index (χ3n) is 3.56. The molecule has 0 saturated heterocycles. The van der Waals surface area contributed by atoms with Gasteiger partial charge >= 0.3 is 0 Å². The minimum atomic E-state index is -0.226. The summed E-state index contributed by atoms with van der Waals surface area (Å²) in [4.78, 5) is 33.1. The highest BCUT2D eigenvalue weighted by Crippen LogP contribution is 2.01. The molecule has 2 N–H and O–H groups in total. The molecule has 0 spiro atoms. The van der Waals surface area contributed by atoms with Crippen molar-refractivity contribution >= 4 is 18.1 Å². The number of rotatable bonds is 21. The Hall–Kier alpha value is -1.55. The summed E-state index contributed by atoms with van der Waals surface area (Å²) in [6.45, 7) is 5.20. The van der Waals surface area contributed by atoms with Gasteiger partial charge in [-0.2, -0.15) is 0 Å². The van der Waals surface area contributed by atoms with E-state index in [0.717, 1.165) is 19.3 Å². The quantitative estimate of drug-likeness (QED) is 0.211. The molecule has 164 valence electrons. The summed E-state index contributed by atoms with van der Waals surface area (Å²) >= 11 is 0. The molecule has 0 rings (SSSR count). The van der Waals surface area contributed by atoms with Crippen LogP contribution in [-0.2, 0) is 33.3 Å². The van der Waals surface area contributed by atoms with Gasteiger partial charge in [0.25, 0.3) is 0 Å². The number of carbonyl (C=O) groups excluding carboxylic acids is 3. The highest BCUT2D eigenvalue weighted by Gasteiger charge is 2.02. The second-order valence-corrected chi connectivity index (χ2v) is 6.03. The molecular weight excluding hydrogens is 368 g/mol. The van der Waals surface area contributed by atoms with E-state index in [4.69, 9.17) is 18.9 Å². The number of nitrogens with one attached hydrogen (secondary N) is 2. The maximum absolute atomic E-state index is 11.5. The van der Waals surface area contributed by atoms with Crippen LogP contribution in [0.5, 0.6) is 0 Å². The second-order valence-electron chi connectivity index (χ2n) is 6.03. The lowest BCUT2D eigenvalue weighted by Gasteiger charge is -2.08. The summed E-state index contributed by atoms with van der Waals surface area (Å²) in [5, 5.41) is 5.47. The van der Waals surface area contributed by atoms with Crippen LogP contribution in [0.2, 0.25) is 0 Å². The van der Waals surface area contributed by atoms with Crippen LogP contribution in [0.15, 0.2) is 0 Å². The molecule has 0 bridgehead atoms. The van der Waals surface area contributed by atoms with Crippen molar-refractivity contribution in [2.24, 2.45) is 0 Å². The fourth-order valence-corrected chi connectivity index (χ4v) is 2.11. The van der Waals surface area contributed by atoms with E-state index in [-0.39, 0.29) is 25.0 Å². The Bertz CT molecular complexity index is 394. The Balaban J connectivity index is 3.25. The van der Waals surface area contributed by atoms with E-state index in [1.54, 1.807) is 0 Å². The van der Waals surface area contributed by atoms with Crippen molar-refractivity contribution in [3.8, 4) is 0 Å². The average molecular weight is 405 g/mol. The van der Waals surface area contributed by atoms with Crippen molar-refractivity contribution in [3.05, 3.63) is 0 Å². The predicted molar refractivity (Wildman–Crippen MR) is 104 cm³/mol. The topological polar surface area (TPSA) is 112 Å². The third-order valence-corrected chi connectivity index (χ3v) is 3.56. The van der Waals surface area contributed by atoms with Gasteiger partial charge in [-0.15, -0.1) is 0 Å². The van der Waals surface area contributed by atoms with E-state index >= 15 is 0 Å². The predicted octanol–water partition coefficient (Wildman–Crippen LogP) is 0.455. The Labute approximate surface area is 167 Å². The molecule has 9 nitrogen and oxygen atoms in total. The molecule has 0 radical (unpaired) electrons. The first-order chi connectivity index (χ1) is 13.7. The normalized spacial score (nSPS) is 10.6. The molecule has 9 heteroatoms. The van der Waals surface area contributed by atoms with Crippen LogP contribution in [-0.4, -0.2) is 84.0 Å². The van der Waals surface area contributed by atoms with Gasteiger partial charge < -0.3 is 34.4 Å². The summed E-state index contributed by atoms with van der Waals surface area (Å²) in [5.74, 6) is -0.166. The fraction of sp³-hybridized carbons (Fsp3) is 0.842. The maximum Gasteiger partial charge on any atom is 0.246 e. The molecular formula is C19H36N2O7. The zero-order valence-corrected chi connectivity index (χ0v) is 17.0. The van der Waals surface area contributed by atoms with Crippen molar-refractivity contribution in [2.45, 2.75) is 39.0 Å². The molecule has 0 aliphatic carbocycles. The smallest absolute Gasteiger partial charge is 0.246 e. The lowest BCUT2D eigenvalue weighted by Crippen LogP contribution is -2.31. The molecule has 0 unspecified atom stereocenters. The summed E-state index contributed by atoms with van der Waals surface area (Å²) in [5.41, 5.74) is 0. The number of carbonyl (C=O) groups is 3. The summed E-state index contributed by atoms with van der Waals surface area (Å²) in [7, 11) is 0. The monoisotopic (exact) mass is 404 g/mol. The van der Waals surface area contributed by atoms with Crippen LogP contribution in [0.4, 0.5) is 0 Å². The first-order valence-corrected chi connectivity index (χ1v) is 9.98. The zero-order valence-electron chi connectivity index (χ0n) is 17.0. The Morgan fingerprint density at radius 2 is 1.36 bits per heavy atom. The van der Waals surface area contributed by atoms with E-state index in [9.17, 15) is 14.4 Å². The number of amides is 2. The molecule has 0 aromatic heterocycles. The minimum Gasteiger partial charge on any atom is -0.377 e. The molecule has 0 heterocycles. The first kappa shape index (κ1) is 26.4. The molecule has 2 amide bonds. The maximum atomic E-state index is 11.5. The van der Waals surface area contributed by atoms with Gasteiger partial charge in [0.15, 0.2) is 0 Å². The first-order valence-electron chi connectivity index (χ1n) is 9.98. The van der Waals surface area contributed by atoms with Gasteiger partial charge in [-0.1, -0.05) is 26.2 Å². The second kappa shape index (κ2) is 21.7. The molecule has 0 atom stereocenters. The van der Waals surface area contributed by atoms with Gasteiger partial charge in [-0.3, -0.25) is 9.59 Å². The highest BCUT2D eigenvalue weighted by molar-refractivity contribution is 5.77. The van der Waals surface area contributed by atoms with Gasteiger partial charge in [-0.05, 0) is 6.42 Å². The van der Waals surface area contributed by atoms with E-state index in [1.165, 1.54) is 6.42 Å². The van der Waals surface area contributed by atoms with Crippen molar-refractivity contribution in [3.63, 3.8) is 0 Å². The van der Waals surface area contributed by atoms with Crippen LogP contribution >= 0.6 is 0 Å². The van der Waals surface area contributed by atoms with Crippen LogP contribution in [0, 0.1) is 0 Å². The minimum absolute atomic E-state index is 0.0414. The third kappa shape index (κ3) is 20.8. The number of unbranched alkanes of at least 4 members (excludes halogenated alkanes) is 3. The lowest BCUT2D eigenvalue weighted by molar-refractivity contribution is -0.126. The SMILES string of the molecule is CCCCCCC(=O)NCCOCCOCC(=O)NCCOCCOCC=O. The molecule has 0 aromatic carbocycles. The van der Waals surface area contributed by atoms with E-state index in [0.29, 0.717) is 65.4 Å². The van der Waals surface area contributed by atoms with Gasteiger partial charge in [-0.25, -0.2) is 0 Å². The number of hydrogen-bond donors (Lipinski definition) is 2. The van der Waals surface area contributed by atoms with Crippen molar-refractivity contribution < 1.29 is 33.3 Å². The van der Waals surface area contributed by atoms with Crippen LogP contribution in [0.3, 0.4) is 0 Å². The zero-order chi connectivity index (χ0) is 20.7. The van der Waals surface area contributed by atoms with Gasteiger partial charge in [0.2, 0.25) is 11.8 Å². The summed E-state index contributed by atoms with van der Waals surface area (Å²) < 4.78 is 20.7. The number of aldehydes is 1. The van der Waals surface area contributed by atoms with Crippen molar-refractivity contribution in [1.82, 2.24) is 10.6 Å². The van der Waals surface area contributed by atoms with E-state index < -0.39 is 0 Å². The Kier molecular flexibility index (Phi) is 20.5. The molecule has 0 aliphatic rings. The van der Waals surface area contributed by atoms with Gasteiger partial charge in [0, 0.05) is 19.5 Å². The van der Waals surface area contributed by atoms with Gasteiger partial charge in [0.05, 0.1) is 39.6 Å². The fourth-order valence-electron chi connectivity index (χ4n) is 2.11. The molecule has 28 heavy (non-hydrogen) atoms. The molecule has 0 saturated carbocycles. The Morgan fingerprint density at radius 3 is 2.00 bits per heavy atom. The van der Waals surface area contributed by atoms with E-state index in [2.05, 4.69) is 17.6 Å². The summed E-state index contributed by atoms with van der Waals surface area (Å²) in [6.07, 6.45) is 5.60. The Morgan fingerprint density at radius 1 is 0.750 bits per heavy atom. The van der Waals surface area contributed by atoms with Crippen LogP contribution < -0.4 is 10.6 Å². The molecule has 0 aliphatic heterocycles. The standard InChI is InChI=1S/C19H36N2O7/c1-2-3-4-5-6-18(23)20-7-10-26-15-16-28-17-19(24)21-8-11-25-13-14-27-12-9-22/h9H,2-8,10-17H2,1H3,(H,20,23)(H,21,24). The molecule has 0 aromatic rings. The molecule has 0 fully saturated rings. The largest absolute Gasteiger partial charge is 0.377 e. The highest BCUT2D eigenvalue weighted by atomic mass is 16.5. The van der Waals surface area contributed by atoms with E-state index in [1.807, 2.05) is 0 Å². The average Bonchev–Trinajstić information content (AvgIpc) is 2.69. The number of ether oxygens (including phenoxy) is 4.